The lowest BCUT2D eigenvalue weighted by molar-refractivity contribution is 0.0378. The predicted octanol–water partition coefficient (Wildman–Crippen LogP) is 3.23. The van der Waals surface area contributed by atoms with Crippen LogP contribution in [0.4, 0.5) is 0 Å². The van der Waals surface area contributed by atoms with Crippen LogP contribution in [0, 0.1) is 0 Å². The Labute approximate surface area is 146 Å². The predicted molar refractivity (Wildman–Crippen MR) is 97.5 cm³/mol. The van der Waals surface area contributed by atoms with E-state index in [-0.39, 0.29) is 11.8 Å². The number of β-amino-alcohol motifs (C(OH)–C–C–N with tert-alkyl or cyclic N) is 1. The maximum atomic E-state index is 12.8. The zero-order valence-corrected chi connectivity index (χ0v) is 13.9. The summed E-state index contributed by atoms with van der Waals surface area (Å²) in [7, 11) is 0. The number of piperidine rings is 1. The van der Waals surface area contributed by atoms with E-state index in [1.54, 1.807) is 11.0 Å². The van der Waals surface area contributed by atoms with Gasteiger partial charge >= 0.3 is 0 Å². The molecule has 2 atom stereocenters. The van der Waals surface area contributed by atoms with Crippen molar-refractivity contribution in [1.29, 1.82) is 0 Å². The van der Waals surface area contributed by atoms with Crippen molar-refractivity contribution in [3.8, 4) is 0 Å². The van der Waals surface area contributed by atoms with Crippen LogP contribution in [0.5, 0.6) is 0 Å². The van der Waals surface area contributed by atoms with Crippen molar-refractivity contribution < 1.29 is 9.90 Å². The molecule has 0 unspecified atom stereocenters. The van der Waals surface area contributed by atoms with Crippen LogP contribution in [0.2, 0.25) is 0 Å². The summed E-state index contributed by atoms with van der Waals surface area (Å²) in [5.41, 5.74) is 2.38. The minimum absolute atomic E-state index is 0.0785. The van der Waals surface area contributed by atoms with Crippen molar-refractivity contribution in [3.63, 3.8) is 0 Å². The van der Waals surface area contributed by atoms with E-state index in [1.807, 2.05) is 60.7 Å². The number of aliphatic hydroxyl groups excluding tert-OH is 1. The highest BCUT2D eigenvalue weighted by Crippen LogP contribution is 2.29. The Morgan fingerprint density at radius 3 is 2.56 bits per heavy atom. The van der Waals surface area contributed by atoms with Crippen molar-refractivity contribution in [2.24, 2.45) is 0 Å². The van der Waals surface area contributed by atoms with Crippen LogP contribution in [0.25, 0.3) is 10.9 Å². The fraction of sp³-hybridized carbons (Fsp3) is 0.238. The quantitative estimate of drug-likeness (QED) is 0.784. The van der Waals surface area contributed by atoms with E-state index in [4.69, 9.17) is 0 Å². The first kappa shape index (κ1) is 15.8. The van der Waals surface area contributed by atoms with Gasteiger partial charge in [-0.15, -0.1) is 0 Å². The molecular formula is C21H20N2O2. The Morgan fingerprint density at radius 2 is 1.76 bits per heavy atom. The third-order valence-electron chi connectivity index (χ3n) is 4.91. The van der Waals surface area contributed by atoms with Crippen LogP contribution in [-0.2, 0) is 0 Å². The molecule has 0 spiro atoms. The summed E-state index contributed by atoms with van der Waals surface area (Å²) in [4.78, 5) is 19.0. The number of carbonyl (C=O) groups is 1. The van der Waals surface area contributed by atoms with E-state index >= 15 is 0 Å². The maximum Gasteiger partial charge on any atom is 0.272 e. The number of likely N-dealkylation sites (tertiary alicyclic amines) is 1. The second-order valence-electron chi connectivity index (χ2n) is 6.51. The molecule has 2 heterocycles. The van der Waals surface area contributed by atoms with Gasteiger partial charge in [-0.1, -0.05) is 54.6 Å². The fourth-order valence-electron chi connectivity index (χ4n) is 3.55. The average molecular weight is 332 g/mol. The second kappa shape index (κ2) is 6.65. The van der Waals surface area contributed by atoms with Gasteiger partial charge in [-0.25, -0.2) is 4.98 Å². The number of para-hydroxylation sites is 1. The van der Waals surface area contributed by atoms with Crippen LogP contribution < -0.4 is 0 Å². The molecule has 1 aliphatic rings. The van der Waals surface area contributed by atoms with Gasteiger partial charge in [0.25, 0.3) is 5.91 Å². The van der Waals surface area contributed by atoms with Crippen molar-refractivity contribution >= 4 is 16.8 Å². The largest absolute Gasteiger partial charge is 0.391 e. The SMILES string of the molecule is O=C(c1ccc2ccccc2n1)N1CC[C@@H](c2ccccc2)[C@H](O)C1. The molecule has 25 heavy (non-hydrogen) atoms. The lowest BCUT2D eigenvalue weighted by Gasteiger charge is -2.36. The number of hydrogen-bond donors (Lipinski definition) is 1. The highest BCUT2D eigenvalue weighted by Gasteiger charge is 2.31. The number of pyridine rings is 1. The van der Waals surface area contributed by atoms with Crippen LogP contribution in [0.1, 0.15) is 28.4 Å². The lowest BCUT2D eigenvalue weighted by Crippen LogP contribution is -2.45. The Hall–Kier alpha value is -2.72. The summed E-state index contributed by atoms with van der Waals surface area (Å²) in [5, 5.41) is 11.6. The van der Waals surface area contributed by atoms with Gasteiger partial charge in [-0.2, -0.15) is 0 Å². The molecule has 4 rings (SSSR count). The number of benzene rings is 2. The fourth-order valence-corrected chi connectivity index (χ4v) is 3.55. The van der Waals surface area contributed by atoms with E-state index in [0.29, 0.717) is 18.8 Å². The maximum absolute atomic E-state index is 12.8. The molecule has 4 nitrogen and oxygen atoms in total. The summed E-state index contributed by atoms with van der Waals surface area (Å²) < 4.78 is 0. The van der Waals surface area contributed by atoms with E-state index in [2.05, 4.69) is 4.98 Å². The number of fused-ring (bicyclic) bond motifs is 1. The Bertz CT molecular complexity index is 895. The number of nitrogens with zero attached hydrogens (tertiary/aromatic N) is 2. The minimum atomic E-state index is -0.555. The molecule has 0 aliphatic carbocycles. The number of rotatable bonds is 2. The van der Waals surface area contributed by atoms with Crippen LogP contribution >= 0.6 is 0 Å². The van der Waals surface area contributed by atoms with Crippen molar-refractivity contribution in [3.05, 3.63) is 78.0 Å². The van der Waals surface area contributed by atoms with Gasteiger partial charge in [0.2, 0.25) is 0 Å². The van der Waals surface area contributed by atoms with E-state index in [0.717, 1.165) is 22.9 Å². The number of amides is 1. The third-order valence-corrected chi connectivity index (χ3v) is 4.91. The standard InChI is InChI=1S/C21H20N2O2/c24-20-14-23(13-12-17(20)15-6-2-1-3-7-15)21(25)19-11-10-16-8-4-5-9-18(16)22-19/h1-11,17,20,24H,12-14H2/t17-,20+/m0/s1. The molecule has 1 aromatic heterocycles. The molecule has 3 aromatic rings. The zero-order valence-electron chi connectivity index (χ0n) is 13.9. The monoisotopic (exact) mass is 332 g/mol. The van der Waals surface area contributed by atoms with Gasteiger partial charge in [-0.05, 0) is 24.1 Å². The first-order chi connectivity index (χ1) is 12.2. The normalized spacial score (nSPS) is 20.6. The third kappa shape index (κ3) is 3.13. The molecule has 2 aromatic carbocycles. The molecule has 4 heteroatoms. The molecule has 126 valence electrons. The van der Waals surface area contributed by atoms with Gasteiger partial charge < -0.3 is 10.0 Å². The molecule has 1 aliphatic heterocycles. The van der Waals surface area contributed by atoms with Crippen molar-refractivity contribution in [1.82, 2.24) is 9.88 Å². The van der Waals surface area contributed by atoms with Gasteiger partial charge in [0, 0.05) is 24.4 Å². The number of aromatic nitrogens is 1. The number of hydrogen-bond acceptors (Lipinski definition) is 3. The lowest BCUT2D eigenvalue weighted by atomic mass is 9.87. The smallest absolute Gasteiger partial charge is 0.272 e. The Balaban J connectivity index is 1.51. The minimum Gasteiger partial charge on any atom is -0.391 e. The number of aliphatic hydroxyl groups is 1. The van der Waals surface area contributed by atoms with E-state index in [1.165, 1.54) is 0 Å². The van der Waals surface area contributed by atoms with Crippen molar-refractivity contribution in [2.75, 3.05) is 13.1 Å². The van der Waals surface area contributed by atoms with E-state index in [9.17, 15) is 9.90 Å². The topological polar surface area (TPSA) is 53.4 Å². The van der Waals surface area contributed by atoms with Crippen LogP contribution in [-0.4, -0.2) is 40.1 Å². The molecule has 1 saturated heterocycles. The molecular weight excluding hydrogens is 312 g/mol. The molecule has 0 radical (unpaired) electrons. The summed E-state index contributed by atoms with van der Waals surface area (Å²) in [6.07, 6.45) is 0.199. The first-order valence-electron chi connectivity index (χ1n) is 8.60. The van der Waals surface area contributed by atoms with Crippen LogP contribution in [0.15, 0.2) is 66.7 Å². The molecule has 1 fully saturated rings. The summed E-state index contributed by atoms with van der Waals surface area (Å²) in [5.74, 6) is -0.0360. The summed E-state index contributed by atoms with van der Waals surface area (Å²) in [6.45, 7) is 0.969. The Kier molecular flexibility index (Phi) is 4.20. The average Bonchev–Trinajstić information content (AvgIpc) is 2.67. The van der Waals surface area contributed by atoms with E-state index < -0.39 is 6.10 Å². The van der Waals surface area contributed by atoms with Crippen molar-refractivity contribution in [2.45, 2.75) is 18.4 Å². The zero-order chi connectivity index (χ0) is 17.2. The van der Waals surface area contributed by atoms with Gasteiger partial charge in [0.05, 0.1) is 11.6 Å². The van der Waals surface area contributed by atoms with Gasteiger partial charge in [0.15, 0.2) is 0 Å². The second-order valence-corrected chi connectivity index (χ2v) is 6.51. The highest BCUT2D eigenvalue weighted by atomic mass is 16.3. The van der Waals surface area contributed by atoms with Gasteiger partial charge in [0.1, 0.15) is 5.69 Å². The van der Waals surface area contributed by atoms with Crippen LogP contribution in [0.3, 0.4) is 0 Å². The first-order valence-corrected chi connectivity index (χ1v) is 8.60. The van der Waals surface area contributed by atoms with Gasteiger partial charge in [-0.3, -0.25) is 4.79 Å². The molecule has 0 saturated carbocycles. The molecule has 0 bridgehead atoms. The number of carbonyl (C=O) groups excluding carboxylic acids is 1. The Morgan fingerprint density at radius 1 is 1.00 bits per heavy atom. The molecule has 1 N–H and O–H groups in total. The summed E-state index contributed by atoms with van der Waals surface area (Å²) in [6, 6.07) is 21.5. The molecule has 1 amide bonds. The summed E-state index contributed by atoms with van der Waals surface area (Å²) >= 11 is 0. The highest BCUT2D eigenvalue weighted by molar-refractivity contribution is 5.95.